The van der Waals surface area contributed by atoms with Crippen LogP contribution in [0.4, 0.5) is 20.3 Å². The van der Waals surface area contributed by atoms with Crippen molar-refractivity contribution < 1.29 is 8.78 Å². The molecule has 1 aromatic heterocycles. The van der Waals surface area contributed by atoms with Crippen molar-refractivity contribution in [1.82, 2.24) is 9.19 Å². The molecular weight excluding hydrogens is 292 g/mol. The highest BCUT2D eigenvalue weighted by Gasteiger charge is 2.02. The van der Waals surface area contributed by atoms with Gasteiger partial charge in [0.1, 0.15) is 11.6 Å². The van der Waals surface area contributed by atoms with Gasteiger partial charge in [-0.05, 0) is 48.5 Å². The van der Waals surface area contributed by atoms with E-state index in [2.05, 4.69) is 10.4 Å². The molecule has 0 atom stereocenters. The van der Waals surface area contributed by atoms with Gasteiger partial charge in [-0.3, -0.25) is 0 Å². The topological polar surface area (TPSA) is 29.9 Å². The highest BCUT2D eigenvalue weighted by atomic mass is 32.2. The summed E-state index contributed by atoms with van der Waals surface area (Å²) in [5.41, 5.74) is 0.758. The molecule has 0 aliphatic rings. The summed E-state index contributed by atoms with van der Waals surface area (Å²) < 4.78 is 27.3. The predicted molar refractivity (Wildman–Crippen MR) is 79.6 cm³/mol. The van der Waals surface area contributed by atoms with Crippen molar-refractivity contribution in [3.8, 4) is 0 Å². The Bertz CT molecular complexity index is 661. The SMILES string of the molecule is Fc1ccc(Nc2ccn(Sc3ccc(F)cc3)n2)cc1. The first-order valence-corrected chi connectivity index (χ1v) is 6.98. The largest absolute Gasteiger partial charge is 0.339 e. The van der Waals surface area contributed by atoms with Crippen molar-refractivity contribution in [3.63, 3.8) is 0 Å². The third-order valence-electron chi connectivity index (χ3n) is 2.70. The Kier molecular flexibility index (Phi) is 3.87. The first kappa shape index (κ1) is 13.6. The van der Waals surface area contributed by atoms with Crippen molar-refractivity contribution in [2.24, 2.45) is 0 Å². The lowest BCUT2D eigenvalue weighted by Gasteiger charge is -2.03. The fourth-order valence-corrected chi connectivity index (χ4v) is 2.43. The van der Waals surface area contributed by atoms with Crippen LogP contribution in [0.1, 0.15) is 0 Å². The van der Waals surface area contributed by atoms with Gasteiger partial charge in [-0.25, -0.2) is 12.9 Å². The highest BCUT2D eigenvalue weighted by Crippen LogP contribution is 2.22. The lowest BCUT2D eigenvalue weighted by Crippen LogP contribution is -1.93. The summed E-state index contributed by atoms with van der Waals surface area (Å²) in [5, 5.41) is 7.40. The summed E-state index contributed by atoms with van der Waals surface area (Å²) in [6.07, 6.45) is 1.79. The zero-order valence-corrected chi connectivity index (χ0v) is 11.6. The van der Waals surface area contributed by atoms with Crippen LogP contribution < -0.4 is 5.32 Å². The van der Waals surface area contributed by atoms with Crippen LogP contribution in [-0.2, 0) is 0 Å². The molecule has 0 spiro atoms. The van der Waals surface area contributed by atoms with Crippen LogP contribution in [0.25, 0.3) is 0 Å². The van der Waals surface area contributed by atoms with E-state index in [1.807, 2.05) is 0 Å². The minimum absolute atomic E-state index is 0.265. The van der Waals surface area contributed by atoms with Gasteiger partial charge in [0.2, 0.25) is 0 Å². The van der Waals surface area contributed by atoms with Crippen LogP contribution in [0.5, 0.6) is 0 Å². The van der Waals surface area contributed by atoms with E-state index in [1.54, 1.807) is 40.6 Å². The number of hydrogen-bond donors (Lipinski definition) is 1. The predicted octanol–water partition coefficient (Wildman–Crippen LogP) is 4.46. The second-order valence-corrected chi connectivity index (χ2v) is 5.31. The lowest BCUT2D eigenvalue weighted by molar-refractivity contribution is 0.626. The van der Waals surface area contributed by atoms with Gasteiger partial charge in [-0.15, -0.1) is 5.10 Å². The number of aromatic nitrogens is 2. The van der Waals surface area contributed by atoms with E-state index in [-0.39, 0.29) is 11.6 Å². The molecule has 1 heterocycles. The van der Waals surface area contributed by atoms with Gasteiger partial charge in [-0.2, -0.15) is 0 Å². The summed E-state index contributed by atoms with van der Waals surface area (Å²) in [6, 6.07) is 14.0. The summed E-state index contributed by atoms with van der Waals surface area (Å²) in [6.45, 7) is 0. The van der Waals surface area contributed by atoms with Gasteiger partial charge in [0.05, 0.1) is 0 Å². The number of rotatable bonds is 4. The highest BCUT2D eigenvalue weighted by molar-refractivity contribution is 7.97. The van der Waals surface area contributed by atoms with Crippen molar-refractivity contribution in [3.05, 3.63) is 72.4 Å². The molecule has 0 saturated carbocycles. The number of hydrogen-bond acceptors (Lipinski definition) is 3. The van der Waals surface area contributed by atoms with E-state index in [0.717, 1.165) is 10.6 Å². The van der Waals surface area contributed by atoms with E-state index in [9.17, 15) is 8.78 Å². The Hall–Kier alpha value is -2.34. The Morgan fingerprint density at radius 3 is 2.14 bits per heavy atom. The molecular formula is C15H11F2N3S. The maximum absolute atomic E-state index is 12.8. The molecule has 0 amide bonds. The summed E-state index contributed by atoms with van der Waals surface area (Å²) in [4.78, 5) is 0.882. The average molecular weight is 303 g/mol. The van der Waals surface area contributed by atoms with Crippen LogP contribution in [0, 0.1) is 11.6 Å². The van der Waals surface area contributed by atoms with E-state index >= 15 is 0 Å². The Balaban J connectivity index is 1.68. The molecule has 0 bridgehead atoms. The standard InChI is InChI=1S/C15H11F2N3S/c16-11-1-5-13(6-2-11)18-15-9-10-20(19-15)21-14-7-3-12(17)4-8-14/h1-10H,(H,18,19). The second kappa shape index (κ2) is 5.97. The normalized spacial score (nSPS) is 10.6. The summed E-state index contributed by atoms with van der Waals surface area (Å²) in [5.74, 6) is 0.104. The van der Waals surface area contributed by atoms with Crippen LogP contribution in [0.3, 0.4) is 0 Å². The summed E-state index contributed by atoms with van der Waals surface area (Å²) in [7, 11) is 0. The van der Waals surface area contributed by atoms with Gasteiger partial charge < -0.3 is 5.32 Å². The Morgan fingerprint density at radius 2 is 1.48 bits per heavy atom. The third-order valence-corrected chi connectivity index (χ3v) is 3.57. The van der Waals surface area contributed by atoms with Crippen LogP contribution >= 0.6 is 11.9 Å². The van der Waals surface area contributed by atoms with Crippen LogP contribution in [0.2, 0.25) is 0 Å². The fraction of sp³-hybridized carbons (Fsp3) is 0. The first-order chi connectivity index (χ1) is 10.2. The fourth-order valence-electron chi connectivity index (χ4n) is 1.71. The van der Waals surface area contributed by atoms with Crippen molar-refractivity contribution in [2.45, 2.75) is 4.90 Å². The number of nitrogens with one attached hydrogen (secondary N) is 1. The van der Waals surface area contributed by atoms with Gasteiger partial charge in [-0.1, -0.05) is 0 Å². The molecule has 0 unspecified atom stereocenters. The first-order valence-electron chi connectivity index (χ1n) is 6.21. The molecule has 0 radical (unpaired) electrons. The number of nitrogens with zero attached hydrogens (tertiary/aromatic N) is 2. The molecule has 3 nitrogen and oxygen atoms in total. The van der Waals surface area contributed by atoms with Gasteiger partial charge >= 0.3 is 0 Å². The smallest absolute Gasteiger partial charge is 0.153 e. The maximum atomic E-state index is 12.8. The van der Waals surface area contributed by atoms with Gasteiger partial charge in [0.25, 0.3) is 0 Å². The van der Waals surface area contributed by atoms with Crippen molar-refractivity contribution in [1.29, 1.82) is 0 Å². The molecule has 0 aliphatic carbocycles. The molecule has 106 valence electrons. The van der Waals surface area contributed by atoms with Crippen molar-refractivity contribution in [2.75, 3.05) is 5.32 Å². The van der Waals surface area contributed by atoms with Crippen molar-refractivity contribution >= 4 is 23.5 Å². The molecule has 0 aliphatic heterocycles. The number of anilines is 2. The molecule has 3 aromatic rings. The number of halogens is 2. The Morgan fingerprint density at radius 1 is 0.857 bits per heavy atom. The second-order valence-electron chi connectivity index (χ2n) is 4.28. The monoisotopic (exact) mass is 303 g/mol. The zero-order valence-electron chi connectivity index (χ0n) is 10.8. The quantitative estimate of drug-likeness (QED) is 0.771. The van der Waals surface area contributed by atoms with E-state index in [0.29, 0.717) is 5.82 Å². The number of benzene rings is 2. The van der Waals surface area contributed by atoms with Crippen LogP contribution in [0.15, 0.2) is 65.7 Å². The maximum Gasteiger partial charge on any atom is 0.153 e. The molecule has 1 N–H and O–H groups in total. The average Bonchev–Trinajstić information content (AvgIpc) is 2.91. The molecule has 0 saturated heterocycles. The summed E-state index contributed by atoms with van der Waals surface area (Å²) >= 11 is 1.37. The van der Waals surface area contributed by atoms with Gasteiger partial charge in [0.15, 0.2) is 5.82 Å². The third kappa shape index (κ3) is 3.61. The lowest BCUT2D eigenvalue weighted by atomic mass is 10.3. The van der Waals surface area contributed by atoms with Gasteiger partial charge in [0, 0.05) is 34.8 Å². The molecule has 0 fully saturated rings. The molecule has 2 aromatic carbocycles. The molecule has 21 heavy (non-hydrogen) atoms. The molecule has 6 heteroatoms. The van der Waals surface area contributed by atoms with E-state index < -0.39 is 0 Å². The minimum Gasteiger partial charge on any atom is -0.339 e. The Labute approximate surface area is 124 Å². The molecule has 3 rings (SSSR count). The minimum atomic E-state index is -0.280. The van der Waals surface area contributed by atoms with E-state index in [1.165, 1.54) is 36.2 Å². The zero-order chi connectivity index (χ0) is 14.7. The van der Waals surface area contributed by atoms with Crippen LogP contribution in [-0.4, -0.2) is 9.19 Å². The van der Waals surface area contributed by atoms with E-state index in [4.69, 9.17) is 0 Å².